The van der Waals surface area contributed by atoms with Gasteiger partial charge in [0.2, 0.25) is 0 Å². The van der Waals surface area contributed by atoms with Crippen LogP contribution in [0, 0.1) is 31.1 Å². The van der Waals surface area contributed by atoms with Crippen molar-refractivity contribution in [3.63, 3.8) is 0 Å². The fourth-order valence-electron chi connectivity index (χ4n) is 2.70. The molecule has 5 heteroatoms. The van der Waals surface area contributed by atoms with Gasteiger partial charge in [-0.15, -0.1) is 6.42 Å². The van der Waals surface area contributed by atoms with Gasteiger partial charge in [0.05, 0.1) is 17.1 Å². The van der Waals surface area contributed by atoms with Crippen molar-refractivity contribution in [1.29, 1.82) is 0 Å². The van der Waals surface area contributed by atoms with Crippen LogP contribution in [-0.4, -0.2) is 15.0 Å². The molecule has 0 aliphatic heterocycles. The van der Waals surface area contributed by atoms with Crippen LogP contribution >= 0.6 is 15.9 Å². The first-order valence-electron chi connectivity index (χ1n) is 8.81. The fourth-order valence-corrected chi connectivity index (χ4v) is 4.35. The molecule has 0 saturated carbocycles. The van der Waals surface area contributed by atoms with Crippen LogP contribution in [0.1, 0.15) is 16.7 Å². The number of benzene rings is 3. The van der Waals surface area contributed by atoms with Crippen LogP contribution in [0.15, 0.2) is 82.2 Å². The molecule has 0 amide bonds. The van der Waals surface area contributed by atoms with Crippen LogP contribution in [0.2, 0.25) is 0 Å². The van der Waals surface area contributed by atoms with Crippen LogP contribution in [0.25, 0.3) is 0 Å². The minimum atomic E-state index is -3.84. The van der Waals surface area contributed by atoms with E-state index in [0.717, 1.165) is 15.6 Å². The standard InChI is InChI=1S/C24H18BrNO2S/c1-3-21-8-4-5-9-24(21)26(18-6-7-20-12-14-22(25)15-13-20)29(27,28)23-16-10-19(2)11-17-23/h1,4-5,8-17H,18H2,2H3. The lowest BCUT2D eigenvalue weighted by Gasteiger charge is -2.23. The van der Waals surface area contributed by atoms with E-state index in [-0.39, 0.29) is 11.4 Å². The van der Waals surface area contributed by atoms with Gasteiger partial charge in [-0.2, -0.15) is 0 Å². The predicted octanol–water partition coefficient (Wildman–Crippen LogP) is 4.99. The third-order valence-corrected chi connectivity index (χ3v) is 6.54. The number of anilines is 1. The smallest absolute Gasteiger partial charge is 0.253 e. The molecule has 0 bridgehead atoms. The Kier molecular flexibility index (Phi) is 6.44. The second-order valence-corrected chi connectivity index (χ2v) is 9.07. The van der Waals surface area contributed by atoms with Crippen molar-refractivity contribution >= 4 is 31.6 Å². The van der Waals surface area contributed by atoms with Crippen LogP contribution in [0.5, 0.6) is 0 Å². The van der Waals surface area contributed by atoms with E-state index in [1.54, 1.807) is 48.5 Å². The van der Waals surface area contributed by atoms with E-state index in [1.165, 1.54) is 4.31 Å². The number of terminal acetylenes is 1. The number of halogens is 1. The van der Waals surface area contributed by atoms with Gasteiger partial charge in [-0.05, 0) is 55.5 Å². The first kappa shape index (κ1) is 20.7. The number of sulfonamides is 1. The first-order chi connectivity index (χ1) is 13.9. The summed E-state index contributed by atoms with van der Waals surface area (Å²) < 4.78 is 29.0. The molecule has 0 aliphatic carbocycles. The van der Waals surface area contributed by atoms with Gasteiger partial charge in [-0.25, -0.2) is 8.42 Å². The van der Waals surface area contributed by atoms with Crippen LogP contribution < -0.4 is 4.31 Å². The summed E-state index contributed by atoms with van der Waals surface area (Å²) in [5, 5.41) is 0. The second-order valence-electron chi connectivity index (χ2n) is 6.29. The molecule has 0 unspecified atom stereocenters. The summed E-state index contributed by atoms with van der Waals surface area (Å²) in [5.41, 5.74) is 2.70. The number of para-hydroxylation sites is 1. The van der Waals surface area contributed by atoms with E-state index in [9.17, 15) is 8.42 Å². The maximum Gasteiger partial charge on any atom is 0.265 e. The Morgan fingerprint density at radius 1 is 0.966 bits per heavy atom. The lowest BCUT2D eigenvalue weighted by atomic mass is 10.2. The highest BCUT2D eigenvalue weighted by molar-refractivity contribution is 9.10. The van der Waals surface area contributed by atoms with Crippen molar-refractivity contribution in [2.75, 3.05) is 10.8 Å². The quantitative estimate of drug-likeness (QED) is 0.511. The lowest BCUT2D eigenvalue weighted by molar-refractivity contribution is 0.593. The molecule has 0 aliphatic rings. The largest absolute Gasteiger partial charge is 0.265 e. The summed E-state index contributed by atoms with van der Waals surface area (Å²) >= 11 is 3.39. The lowest BCUT2D eigenvalue weighted by Crippen LogP contribution is -2.32. The van der Waals surface area contributed by atoms with Gasteiger partial charge in [0.25, 0.3) is 10.0 Å². The molecule has 29 heavy (non-hydrogen) atoms. The summed E-state index contributed by atoms with van der Waals surface area (Å²) in [6.45, 7) is 1.89. The number of rotatable bonds is 4. The highest BCUT2D eigenvalue weighted by Gasteiger charge is 2.25. The molecule has 0 aromatic heterocycles. The van der Waals surface area contributed by atoms with Gasteiger partial charge in [0.15, 0.2) is 0 Å². The molecule has 3 aromatic carbocycles. The van der Waals surface area contributed by atoms with Gasteiger partial charge >= 0.3 is 0 Å². The zero-order valence-electron chi connectivity index (χ0n) is 15.8. The number of nitrogens with zero attached hydrogens (tertiary/aromatic N) is 1. The third kappa shape index (κ3) is 4.90. The van der Waals surface area contributed by atoms with E-state index in [2.05, 4.69) is 33.7 Å². The Hall–Kier alpha value is -2.99. The SMILES string of the molecule is C#Cc1ccccc1N(CC#Cc1ccc(Br)cc1)S(=O)(=O)c1ccc(C)cc1. The Balaban J connectivity index is 2.04. The highest BCUT2D eigenvalue weighted by atomic mass is 79.9. The predicted molar refractivity (Wildman–Crippen MR) is 121 cm³/mol. The van der Waals surface area contributed by atoms with E-state index in [0.29, 0.717) is 11.3 Å². The molecule has 0 N–H and O–H groups in total. The van der Waals surface area contributed by atoms with Gasteiger partial charge in [0, 0.05) is 15.6 Å². The summed E-state index contributed by atoms with van der Waals surface area (Å²) in [4.78, 5) is 0.195. The van der Waals surface area contributed by atoms with E-state index < -0.39 is 10.0 Å². The second kappa shape index (κ2) is 9.01. The summed E-state index contributed by atoms with van der Waals surface area (Å²) in [6, 6.07) is 21.2. The van der Waals surface area contributed by atoms with Gasteiger partial charge in [0.1, 0.15) is 0 Å². The molecule has 0 radical (unpaired) electrons. The van der Waals surface area contributed by atoms with Crippen LogP contribution in [-0.2, 0) is 10.0 Å². The van der Waals surface area contributed by atoms with Gasteiger partial charge < -0.3 is 0 Å². The molecule has 0 atom stereocenters. The maximum atomic E-state index is 13.4. The van der Waals surface area contributed by atoms with Crippen molar-refractivity contribution in [3.8, 4) is 24.2 Å². The monoisotopic (exact) mass is 463 g/mol. The van der Waals surface area contributed by atoms with Crippen LogP contribution in [0.3, 0.4) is 0 Å². The van der Waals surface area contributed by atoms with E-state index >= 15 is 0 Å². The van der Waals surface area contributed by atoms with Crippen molar-refractivity contribution < 1.29 is 8.42 Å². The fraction of sp³-hybridized carbons (Fsp3) is 0.0833. The molecule has 144 valence electrons. The van der Waals surface area contributed by atoms with Crippen LogP contribution in [0.4, 0.5) is 5.69 Å². The molecule has 0 saturated heterocycles. The molecular formula is C24H18BrNO2S. The highest BCUT2D eigenvalue weighted by Crippen LogP contribution is 2.26. The Morgan fingerprint density at radius 2 is 1.62 bits per heavy atom. The number of hydrogen-bond acceptors (Lipinski definition) is 2. The van der Waals surface area contributed by atoms with Gasteiger partial charge in [-0.1, -0.05) is 63.5 Å². The third-order valence-electron chi connectivity index (χ3n) is 4.24. The molecule has 3 rings (SSSR count). The average Bonchev–Trinajstić information content (AvgIpc) is 2.73. The Labute approximate surface area is 180 Å². The maximum absolute atomic E-state index is 13.4. The molecular weight excluding hydrogens is 446 g/mol. The van der Waals surface area contributed by atoms with Crippen molar-refractivity contribution in [1.82, 2.24) is 0 Å². The Morgan fingerprint density at radius 3 is 2.28 bits per heavy atom. The van der Waals surface area contributed by atoms with Crippen molar-refractivity contribution in [2.24, 2.45) is 0 Å². The first-order valence-corrected chi connectivity index (χ1v) is 11.0. The van der Waals surface area contributed by atoms with E-state index in [1.807, 2.05) is 31.2 Å². The topological polar surface area (TPSA) is 37.4 Å². The molecule has 0 spiro atoms. The molecule has 3 aromatic rings. The zero-order chi connectivity index (χ0) is 20.9. The number of hydrogen-bond donors (Lipinski definition) is 0. The summed E-state index contributed by atoms with van der Waals surface area (Å²) in [6.07, 6.45) is 5.61. The summed E-state index contributed by atoms with van der Waals surface area (Å²) in [5.74, 6) is 8.55. The molecule has 3 nitrogen and oxygen atoms in total. The normalized spacial score (nSPS) is 10.5. The Bertz CT molecular complexity index is 1210. The molecule has 0 fully saturated rings. The minimum Gasteiger partial charge on any atom is -0.253 e. The average molecular weight is 464 g/mol. The van der Waals surface area contributed by atoms with Crippen molar-refractivity contribution in [3.05, 3.63) is 94.0 Å². The zero-order valence-corrected chi connectivity index (χ0v) is 18.2. The summed E-state index contributed by atoms with van der Waals surface area (Å²) in [7, 11) is -3.84. The minimum absolute atomic E-state index is 0.0229. The van der Waals surface area contributed by atoms with E-state index in [4.69, 9.17) is 6.42 Å². The number of aryl methyl sites for hydroxylation is 1. The van der Waals surface area contributed by atoms with Crippen molar-refractivity contribution in [2.45, 2.75) is 11.8 Å². The molecule has 0 heterocycles. The van der Waals surface area contributed by atoms with Gasteiger partial charge in [-0.3, -0.25) is 4.31 Å².